The monoisotopic (exact) mass is 817 g/mol. The van der Waals surface area contributed by atoms with Gasteiger partial charge in [0.15, 0.2) is 17.5 Å². The van der Waals surface area contributed by atoms with Crippen LogP contribution in [0.5, 0.6) is 0 Å². The minimum Gasteiger partial charge on any atom is -0.456 e. The number of fused-ring (bicyclic) bond motifs is 6. The molecular formula is C58H35N5O. The summed E-state index contributed by atoms with van der Waals surface area (Å²) in [6.07, 6.45) is 0. The van der Waals surface area contributed by atoms with E-state index >= 15 is 0 Å². The molecule has 0 atom stereocenters. The highest BCUT2D eigenvalue weighted by Gasteiger charge is 2.19. The first kappa shape index (κ1) is 36.9. The van der Waals surface area contributed by atoms with E-state index in [1.54, 1.807) is 0 Å². The first-order chi connectivity index (χ1) is 31.6. The zero-order valence-corrected chi connectivity index (χ0v) is 34.4. The lowest BCUT2D eigenvalue weighted by molar-refractivity contribution is 0.669. The average Bonchev–Trinajstić information content (AvgIpc) is 3.92. The summed E-state index contributed by atoms with van der Waals surface area (Å²) in [4.78, 5) is 15.5. The molecule has 298 valence electrons. The van der Waals surface area contributed by atoms with Crippen LogP contribution in [0.2, 0.25) is 0 Å². The molecule has 0 aliphatic carbocycles. The molecule has 0 saturated carbocycles. The number of hydrogen-bond acceptors (Lipinski definition) is 5. The molecule has 0 saturated heterocycles. The molecule has 0 amide bonds. The first-order valence-electron chi connectivity index (χ1n) is 21.2. The number of nitrogens with zero attached hydrogens (tertiary/aromatic N) is 5. The molecule has 3 heterocycles. The van der Waals surface area contributed by atoms with Crippen LogP contribution in [0.3, 0.4) is 0 Å². The molecule has 12 rings (SSSR count). The molecule has 0 fully saturated rings. The van der Waals surface area contributed by atoms with Crippen LogP contribution >= 0.6 is 0 Å². The molecule has 0 aliphatic rings. The van der Waals surface area contributed by atoms with Gasteiger partial charge in [0.2, 0.25) is 0 Å². The third kappa shape index (κ3) is 6.39. The molecule has 9 aromatic carbocycles. The highest BCUT2D eigenvalue weighted by molar-refractivity contribution is 6.13. The van der Waals surface area contributed by atoms with E-state index in [4.69, 9.17) is 19.4 Å². The molecular weight excluding hydrogens is 783 g/mol. The van der Waals surface area contributed by atoms with Crippen LogP contribution in [0.25, 0.3) is 117 Å². The van der Waals surface area contributed by atoms with Crippen LogP contribution < -0.4 is 0 Å². The van der Waals surface area contributed by atoms with Gasteiger partial charge in [0.05, 0.1) is 22.7 Å². The van der Waals surface area contributed by atoms with Gasteiger partial charge in [0.25, 0.3) is 0 Å². The summed E-state index contributed by atoms with van der Waals surface area (Å²) in [7, 11) is 0. The zero-order valence-electron chi connectivity index (χ0n) is 34.4. The Morgan fingerprint density at radius 3 is 1.75 bits per heavy atom. The molecule has 0 bridgehead atoms. The summed E-state index contributed by atoms with van der Waals surface area (Å²) in [5.74, 6) is 1.65. The molecule has 0 N–H and O–H groups in total. The fraction of sp³-hybridized carbons (Fsp3) is 0. The van der Waals surface area contributed by atoms with Gasteiger partial charge in [0.1, 0.15) is 11.2 Å². The van der Waals surface area contributed by atoms with E-state index in [0.717, 1.165) is 93.9 Å². The van der Waals surface area contributed by atoms with Crippen molar-refractivity contribution in [3.8, 4) is 79.3 Å². The third-order valence-corrected chi connectivity index (χ3v) is 12.1. The molecule has 12 aromatic rings. The number of hydrogen-bond donors (Lipinski definition) is 0. The highest BCUT2D eigenvalue weighted by atomic mass is 16.3. The van der Waals surface area contributed by atoms with Crippen molar-refractivity contribution in [2.24, 2.45) is 0 Å². The number of rotatable bonds is 7. The van der Waals surface area contributed by atoms with Crippen LogP contribution in [0.15, 0.2) is 217 Å². The lowest BCUT2D eigenvalue weighted by Gasteiger charge is -2.10. The Labute approximate surface area is 368 Å². The van der Waals surface area contributed by atoms with Crippen molar-refractivity contribution in [1.29, 1.82) is 5.26 Å². The summed E-state index contributed by atoms with van der Waals surface area (Å²) in [5, 5.41) is 13.9. The van der Waals surface area contributed by atoms with Gasteiger partial charge in [-0.25, -0.2) is 15.0 Å². The van der Waals surface area contributed by atoms with Gasteiger partial charge in [-0.15, -0.1) is 0 Å². The minimum atomic E-state index is 0.538. The second-order valence-electron chi connectivity index (χ2n) is 15.9. The summed E-state index contributed by atoms with van der Waals surface area (Å²) < 4.78 is 8.93. The summed E-state index contributed by atoms with van der Waals surface area (Å²) in [6, 6.07) is 75.1. The van der Waals surface area contributed by atoms with E-state index < -0.39 is 0 Å². The number of nitriles is 1. The Hall–Kier alpha value is -8.92. The van der Waals surface area contributed by atoms with Gasteiger partial charge >= 0.3 is 0 Å². The Morgan fingerprint density at radius 2 is 0.953 bits per heavy atom. The van der Waals surface area contributed by atoms with Crippen molar-refractivity contribution in [2.75, 3.05) is 0 Å². The van der Waals surface area contributed by atoms with E-state index in [9.17, 15) is 5.26 Å². The highest BCUT2D eigenvalue weighted by Crippen LogP contribution is 2.40. The molecule has 6 nitrogen and oxygen atoms in total. The van der Waals surface area contributed by atoms with Gasteiger partial charge < -0.3 is 8.98 Å². The molecule has 3 aromatic heterocycles. The third-order valence-electron chi connectivity index (χ3n) is 12.1. The quantitative estimate of drug-likeness (QED) is 0.160. The summed E-state index contributed by atoms with van der Waals surface area (Å²) >= 11 is 0. The fourth-order valence-corrected chi connectivity index (χ4v) is 9.01. The molecule has 0 radical (unpaired) electrons. The van der Waals surface area contributed by atoms with Crippen LogP contribution in [0, 0.1) is 11.3 Å². The van der Waals surface area contributed by atoms with Crippen molar-refractivity contribution in [3.63, 3.8) is 0 Å². The summed E-state index contributed by atoms with van der Waals surface area (Å²) in [6.45, 7) is 0. The van der Waals surface area contributed by atoms with E-state index in [1.165, 1.54) is 5.56 Å². The van der Waals surface area contributed by atoms with Crippen LogP contribution in [0.4, 0.5) is 0 Å². The Morgan fingerprint density at radius 1 is 0.375 bits per heavy atom. The zero-order chi connectivity index (χ0) is 42.6. The van der Waals surface area contributed by atoms with E-state index in [0.29, 0.717) is 23.0 Å². The predicted octanol–water partition coefficient (Wildman–Crippen LogP) is 14.7. The van der Waals surface area contributed by atoms with Crippen molar-refractivity contribution in [2.45, 2.75) is 0 Å². The standard InChI is InChI=1S/C58H35N5O/c59-36-37-12-9-15-41(32-37)39-24-26-40(27-25-39)56-60-57(44-29-31-52-50(34-44)48-20-7-8-22-51(48)63(52)46-18-5-2-6-19-46)62-58(61-56)45-28-30-49-54(35-45)64-53-23-11-21-47(55(49)53)43-17-10-16-42(33-43)38-13-3-1-4-14-38/h1-35H. The number of aromatic nitrogens is 4. The maximum atomic E-state index is 9.53. The van der Waals surface area contributed by atoms with Gasteiger partial charge in [-0.1, -0.05) is 140 Å². The second-order valence-corrected chi connectivity index (χ2v) is 15.9. The predicted molar refractivity (Wildman–Crippen MR) is 259 cm³/mol. The van der Waals surface area contributed by atoms with Crippen molar-refractivity contribution in [3.05, 3.63) is 218 Å². The normalized spacial score (nSPS) is 11.4. The van der Waals surface area contributed by atoms with Crippen molar-refractivity contribution < 1.29 is 4.42 Å². The number of para-hydroxylation sites is 2. The molecule has 0 spiro atoms. The van der Waals surface area contributed by atoms with Crippen molar-refractivity contribution >= 4 is 43.7 Å². The Kier molecular flexibility index (Phi) is 8.77. The van der Waals surface area contributed by atoms with Gasteiger partial charge in [-0.3, -0.25) is 0 Å². The van der Waals surface area contributed by atoms with E-state index in [1.807, 2.05) is 72.8 Å². The first-order valence-corrected chi connectivity index (χ1v) is 21.2. The largest absolute Gasteiger partial charge is 0.456 e. The lowest BCUT2D eigenvalue weighted by atomic mass is 9.96. The molecule has 0 unspecified atom stereocenters. The molecule has 6 heteroatoms. The minimum absolute atomic E-state index is 0.538. The van der Waals surface area contributed by atoms with Crippen LogP contribution in [0.1, 0.15) is 5.56 Å². The van der Waals surface area contributed by atoms with Crippen LogP contribution in [-0.2, 0) is 0 Å². The Balaban J connectivity index is 1.00. The van der Waals surface area contributed by atoms with Crippen molar-refractivity contribution in [1.82, 2.24) is 19.5 Å². The fourth-order valence-electron chi connectivity index (χ4n) is 9.01. The average molecular weight is 818 g/mol. The topological polar surface area (TPSA) is 80.5 Å². The molecule has 64 heavy (non-hydrogen) atoms. The number of furan rings is 1. The molecule has 0 aliphatic heterocycles. The summed E-state index contributed by atoms with van der Waals surface area (Å²) in [5.41, 5.74) is 14.6. The maximum Gasteiger partial charge on any atom is 0.164 e. The SMILES string of the molecule is N#Cc1cccc(-c2ccc(-c3nc(-c4ccc5c(c4)oc4cccc(-c6cccc(-c7ccccc7)c6)c45)nc(-c4ccc5c(c4)c4ccccc4n5-c4ccccc4)n3)cc2)c1. The van der Waals surface area contributed by atoms with E-state index in [-0.39, 0.29) is 0 Å². The lowest BCUT2D eigenvalue weighted by Crippen LogP contribution is -2.00. The number of benzene rings is 9. The second kappa shape index (κ2) is 15.2. The van der Waals surface area contributed by atoms with E-state index in [2.05, 4.69) is 150 Å². The Bertz CT molecular complexity index is 3790. The smallest absolute Gasteiger partial charge is 0.164 e. The van der Waals surface area contributed by atoms with Gasteiger partial charge in [-0.05, 0) is 106 Å². The van der Waals surface area contributed by atoms with Crippen LogP contribution in [-0.4, -0.2) is 19.5 Å². The maximum absolute atomic E-state index is 9.53. The van der Waals surface area contributed by atoms with Gasteiger partial charge in [0, 0.05) is 43.9 Å². The van der Waals surface area contributed by atoms with Gasteiger partial charge in [-0.2, -0.15) is 5.26 Å².